The Labute approximate surface area is 113 Å². The average molecular weight is 363 g/mol. The summed E-state index contributed by atoms with van der Waals surface area (Å²) in [7, 11) is 0. The van der Waals surface area contributed by atoms with Crippen LogP contribution in [0.15, 0.2) is 33.3 Å². The summed E-state index contributed by atoms with van der Waals surface area (Å²) >= 11 is 6.21. The van der Waals surface area contributed by atoms with Crippen LogP contribution >= 0.6 is 31.9 Å². The number of ether oxygens (including phenoxy) is 1. The van der Waals surface area contributed by atoms with Crippen LogP contribution in [0.3, 0.4) is 0 Å². The highest BCUT2D eigenvalue weighted by molar-refractivity contribution is 9.10. The predicted octanol–water partition coefficient (Wildman–Crippen LogP) is 3.52. The standard InChI is InChI=1S/C10H6Br2FN3O/c11-6-2-1-5(3-7(6)13)17-10-15-8(12)4-9(14)16-10/h1-4H,(H2,14,15,16). The quantitative estimate of drug-likeness (QED) is 0.830. The molecule has 0 spiro atoms. The van der Waals surface area contributed by atoms with E-state index in [2.05, 4.69) is 41.8 Å². The molecule has 7 heteroatoms. The predicted molar refractivity (Wildman–Crippen MR) is 68.3 cm³/mol. The SMILES string of the molecule is Nc1cc(Br)nc(Oc2ccc(Br)c(F)c2)n1. The lowest BCUT2D eigenvalue weighted by molar-refractivity contribution is 0.437. The summed E-state index contributed by atoms with van der Waals surface area (Å²) in [6.07, 6.45) is 0. The number of nitrogens with zero attached hydrogens (tertiary/aromatic N) is 2. The molecule has 0 radical (unpaired) electrons. The van der Waals surface area contributed by atoms with E-state index >= 15 is 0 Å². The molecule has 2 N–H and O–H groups in total. The Balaban J connectivity index is 2.28. The van der Waals surface area contributed by atoms with Gasteiger partial charge in [0, 0.05) is 12.1 Å². The molecule has 0 aliphatic carbocycles. The minimum Gasteiger partial charge on any atom is -0.424 e. The number of anilines is 1. The van der Waals surface area contributed by atoms with Crippen molar-refractivity contribution in [1.29, 1.82) is 0 Å². The van der Waals surface area contributed by atoms with Gasteiger partial charge in [0.25, 0.3) is 0 Å². The highest BCUT2D eigenvalue weighted by atomic mass is 79.9. The molecule has 0 unspecified atom stereocenters. The van der Waals surface area contributed by atoms with Gasteiger partial charge in [0.15, 0.2) is 0 Å². The Morgan fingerprint density at radius 3 is 2.59 bits per heavy atom. The van der Waals surface area contributed by atoms with Gasteiger partial charge in [0.05, 0.1) is 4.47 Å². The van der Waals surface area contributed by atoms with Crippen molar-refractivity contribution in [2.24, 2.45) is 0 Å². The fourth-order valence-corrected chi connectivity index (χ4v) is 1.74. The van der Waals surface area contributed by atoms with Gasteiger partial charge in [-0.2, -0.15) is 9.97 Å². The smallest absolute Gasteiger partial charge is 0.325 e. The third kappa shape index (κ3) is 3.13. The minimum absolute atomic E-state index is 0.0543. The molecule has 0 amide bonds. The highest BCUT2D eigenvalue weighted by Crippen LogP contribution is 2.25. The van der Waals surface area contributed by atoms with Gasteiger partial charge in [0.1, 0.15) is 22.0 Å². The van der Waals surface area contributed by atoms with E-state index in [1.54, 1.807) is 6.07 Å². The molecule has 0 saturated heterocycles. The van der Waals surface area contributed by atoms with Crippen LogP contribution < -0.4 is 10.5 Å². The van der Waals surface area contributed by atoms with Crippen molar-refractivity contribution in [2.75, 3.05) is 5.73 Å². The van der Waals surface area contributed by atoms with Crippen LogP contribution in [-0.2, 0) is 0 Å². The maximum Gasteiger partial charge on any atom is 0.325 e. The molecule has 0 atom stereocenters. The lowest BCUT2D eigenvalue weighted by Crippen LogP contribution is -1.97. The number of nitrogen functional groups attached to an aromatic ring is 1. The third-order valence-corrected chi connectivity index (χ3v) is 2.84. The van der Waals surface area contributed by atoms with Crippen molar-refractivity contribution < 1.29 is 9.13 Å². The Bertz CT molecular complexity index is 545. The van der Waals surface area contributed by atoms with Crippen LogP contribution in [0.2, 0.25) is 0 Å². The first-order valence-corrected chi connectivity index (χ1v) is 6.06. The molecule has 0 saturated carbocycles. The number of halogens is 3. The molecule has 4 nitrogen and oxygen atoms in total. The van der Waals surface area contributed by atoms with E-state index in [1.165, 1.54) is 18.2 Å². The van der Waals surface area contributed by atoms with Gasteiger partial charge in [-0.1, -0.05) is 0 Å². The summed E-state index contributed by atoms with van der Waals surface area (Å²) < 4.78 is 19.4. The molecule has 0 aliphatic heterocycles. The van der Waals surface area contributed by atoms with Gasteiger partial charge in [-0.05, 0) is 44.0 Å². The van der Waals surface area contributed by atoms with Gasteiger partial charge in [-0.3, -0.25) is 0 Å². The second-order valence-corrected chi connectivity index (χ2v) is 4.74. The first-order valence-electron chi connectivity index (χ1n) is 4.47. The maximum absolute atomic E-state index is 13.2. The fourth-order valence-electron chi connectivity index (χ4n) is 1.10. The summed E-state index contributed by atoms with van der Waals surface area (Å²) in [6, 6.07) is 5.94. The van der Waals surface area contributed by atoms with Crippen LogP contribution in [0, 0.1) is 5.82 Å². The van der Waals surface area contributed by atoms with Gasteiger partial charge in [-0.25, -0.2) is 4.39 Å². The third-order valence-electron chi connectivity index (χ3n) is 1.79. The number of nitrogens with two attached hydrogens (primary N) is 1. The van der Waals surface area contributed by atoms with Gasteiger partial charge in [-0.15, -0.1) is 0 Å². The topological polar surface area (TPSA) is 61.0 Å². The van der Waals surface area contributed by atoms with Crippen LogP contribution in [0.5, 0.6) is 11.8 Å². The first-order chi connectivity index (χ1) is 8.04. The van der Waals surface area contributed by atoms with E-state index in [-0.39, 0.29) is 11.8 Å². The zero-order valence-electron chi connectivity index (χ0n) is 8.32. The zero-order chi connectivity index (χ0) is 12.4. The van der Waals surface area contributed by atoms with Gasteiger partial charge in [0.2, 0.25) is 0 Å². The highest BCUT2D eigenvalue weighted by Gasteiger charge is 2.06. The molecule has 1 heterocycles. The number of rotatable bonds is 2. The van der Waals surface area contributed by atoms with Crippen molar-refractivity contribution in [3.05, 3.63) is 39.2 Å². The maximum atomic E-state index is 13.2. The van der Waals surface area contributed by atoms with Crippen molar-refractivity contribution in [2.45, 2.75) is 0 Å². The van der Waals surface area contributed by atoms with Gasteiger partial charge < -0.3 is 10.5 Å². The Kier molecular flexibility index (Phi) is 3.58. The average Bonchev–Trinajstić information content (AvgIpc) is 2.22. The summed E-state index contributed by atoms with van der Waals surface area (Å²) in [4.78, 5) is 7.81. The number of hydrogen-bond acceptors (Lipinski definition) is 4. The van der Waals surface area contributed by atoms with Crippen LogP contribution in [0.25, 0.3) is 0 Å². The fraction of sp³-hybridized carbons (Fsp3) is 0. The minimum atomic E-state index is -0.425. The molecule has 1 aromatic carbocycles. The number of hydrogen-bond donors (Lipinski definition) is 1. The van der Waals surface area contributed by atoms with Crippen molar-refractivity contribution in [1.82, 2.24) is 9.97 Å². The van der Waals surface area contributed by atoms with E-state index in [9.17, 15) is 4.39 Å². The molecule has 17 heavy (non-hydrogen) atoms. The van der Waals surface area contributed by atoms with Crippen molar-refractivity contribution in [3.63, 3.8) is 0 Å². The number of aromatic nitrogens is 2. The molecule has 2 rings (SSSR count). The van der Waals surface area contributed by atoms with Crippen LogP contribution in [0.1, 0.15) is 0 Å². The second kappa shape index (κ2) is 4.97. The number of benzene rings is 1. The summed E-state index contributed by atoms with van der Waals surface area (Å²) in [5, 5.41) is 0. The van der Waals surface area contributed by atoms with Gasteiger partial charge >= 0.3 is 6.01 Å². The molecule has 1 aromatic heterocycles. The van der Waals surface area contributed by atoms with E-state index in [4.69, 9.17) is 10.5 Å². The largest absolute Gasteiger partial charge is 0.424 e. The summed E-state index contributed by atoms with van der Waals surface area (Å²) in [5.41, 5.74) is 5.52. The van der Waals surface area contributed by atoms with Crippen LogP contribution in [-0.4, -0.2) is 9.97 Å². The molecule has 88 valence electrons. The Morgan fingerprint density at radius 1 is 1.18 bits per heavy atom. The molecule has 0 aliphatic rings. The lowest BCUT2D eigenvalue weighted by atomic mass is 10.3. The van der Waals surface area contributed by atoms with Crippen LogP contribution in [0.4, 0.5) is 10.2 Å². The van der Waals surface area contributed by atoms with Crippen molar-refractivity contribution in [3.8, 4) is 11.8 Å². The van der Waals surface area contributed by atoms with E-state index in [0.717, 1.165) is 0 Å². The molecule has 0 fully saturated rings. The van der Waals surface area contributed by atoms with Crippen molar-refractivity contribution >= 4 is 37.7 Å². The van der Waals surface area contributed by atoms with E-state index < -0.39 is 5.82 Å². The van der Waals surface area contributed by atoms with E-state index in [0.29, 0.717) is 14.8 Å². The summed E-state index contributed by atoms with van der Waals surface area (Å²) in [6.45, 7) is 0. The Morgan fingerprint density at radius 2 is 1.94 bits per heavy atom. The second-order valence-electron chi connectivity index (χ2n) is 3.08. The molecule has 2 aromatic rings. The Hall–Kier alpha value is -1.21. The summed E-state index contributed by atoms with van der Waals surface area (Å²) in [5.74, 6) is 0.133. The molecule has 0 bridgehead atoms. The monoisotopic (exact) mass is 361 g/mol. The lowest BCUT2D eigenvalue weighted by Gasteiger charge is -2.05. The zero-order valence-corrected chi connectivity index (χ0v) is 11.5. The first kappa shape index (κ1) is 12.3. The van der Waals surface area contributed by atoms with E-state index in [1.807, 2.05) is 0 Å². The molecular formula is C10H6Br2FN3O. The normalized spacial score (nSPS) is 10.3. The molecular weight excluding hydrogens is 357 g/mol.